The number of ether oxygens (including phenoxy) is 4. The zero-order valence-electron chi connectivity index (χ0n) is 24.5. The molecule has 4 aromatic carbocycles. The minimum absolute atomic E-state index is 0.344. The molecule has 4 aromatic rings. The van der Waals surface area contributed by atoms with Crippen LogP contribution in [0.3, 0.4) is 0 Å². The second-order valence-electron chi connectivity index (χ2n) is 9.75. The van der Waals surface area contributed by atoms with Crippen LogP contribution in [0.25, 0.3) is 35.1 Å². The van der Waals surface area contributed by atoms with Gasteiger partial charge in [0.05, 0.1) is 13.2 Å². The van der Waals surface area contributed by atoms with Gasteiger partial charge in [-0.3, -0.25) is 9.59 Å². The van der Waals surface area contributed by atoms with E-state index in [1.807, 2.05) is 48.6 Å². The van der Waals surface area contributed by atoms with E-state index >= 15 is 0 Å². The van der Waals surface area contributed by atoms with Crippen molar-refractivity contribution in [2.75, 3.05) is 13.2 Å². The highest BCUT2D eigenvalue weighted by Crippen LogP contribution is 2.39. The fourth-order valence-electron chi connectivity index (χ4n) is 4.37. The molecule has 216 valence electrons. The van der Waals surface area contributed by atoms with Crippen molar-refractivity contribution in [1.29, 1.82) is 0 Å². The Morgan fingerprint density at radius 3 is 1.26 bits per heavy atom. The topological polar surface area (TPSA) is 71.1 Å². The molecule has 0 spiro atoms. The van der Waals surface area contributed by atoms with Crippen LogP contribution in [0.4, 0.5) is 0 Å². The van der Waals surface area contributed by atoms with Crippen LogP contribution >= 0.6 is 0 Å². The SMILES string of the molecule is CCCOc1c(/C=C/c2ccc(OC(C)=O)cc2)ccc2c(OCCC)c(/C=C/c3ccc(OC(C)=O)cc3)ccc12. The Morgan fingerprint density at radius 2 is 0.929 bits per heavy atom. The molecule has 0 radical (unpaired) electrons. The molecule has 0 aliphatic carbocycles. The van der Waals surface area contributed by atoms with E-state index < -0.39 is 0 Å². The lowest BCUT2D eigenvalue weighted by Crippen LogP contribution is -2.01. The molecular formula is C36H36O6. The van der Waals surface area contributed by atoms with E-state index in [0.717, 1.165) is 57.4 Å². The molecule has 0 saturated heterocycles. The summed E-state index contributed by atoms with van der Waals surface area (Å²) in [6.45, 7) is 8.12. The summed E-state index contributed by atoms with van der Waals surface area (Å²) in [7, 11) is 0. The van der Waals surface area contributed by atoms with Gasteiger partial charge in [-0.2, -0.15) is 0 Å². The highest BCUT2D eigenvalue weighted by atomic mass is 16.5. The van der Waals surface area contributed by atoms with Crippen molar-refractivity contribution in [3.05, 3.63) is 95.1 Å². The molecule has 0 saturated carbocycles. The minimum Gasteiger partial charge on any atom is -0.492 e. The van der Waals surface area contributed by atoms with E-state index in [2.05, 4.69) is 38.1 Å². The van der Waals surface area contributed by atoms with Crippen molar-refractivity contribution >= 4 is 47.0 Å². The Hall–Kier alpha value is -4.84. The Balaban J connectivity index is 1.69. The molecule has 0 atom stereocenters. The van der Waals surface area contributed by atoms with Gasteiger partial charge in [0.2, 0.25) is 0 Å². The number of carbonyl (C=O) groups excluding carboxylic acids is 2. The standard InChI is InChI=1S/C36H36O6/c1-5-23-39-35-29(13-7-27-9-17-31(18-10-27)41-25(3)37)15-22-34-33(35)21-16-30(36(34)40-24-6-2)14-8-28-11-19-32(20-12-28)42-26(4)38/h7-22H,5-6,23-24H2,1-4H3/b13-7+,14-8+. The van der Waals surface area contributed by atoms with Gasteiger partial charge in [-0.1, -0.05) is 74.5 Å². The van der Waals surface area contributed by atoms with Crippen LogP contribution in [0, 0.1) is 0 Å². The molecule has 6 heteroatoms. The van der Waals surface area contributed by atoms with E-state index in [4.69, 9.17) is 18.9 Å². The monoisotopic (exact) mass is 564 g/mol. The average Bonchev–Trinajstić information content (AvgIpc) is 2.98. The molecule has 0 fully saturated rings. The number of hydrogen-bond acceptors (Lipinski definition) is 6. The first kappa shape index (κ1) is 30.1. The molecule has 0 amide bonds. The summed E-state index contributed by atoms with van der Waals surface area (Å²) in [5, 5.41) is 1.95. The van der Waals surface area contributed by atoms with E-state index in [1.165, 1.54) is 13.8 Å². The maximum atomic E-state index is 11.2. The molecule has 0 aromatic heterocycles. The first-order chi connectivity index (χ1) is 20.4. The lowest BCUT2D eigenvalue weighted by atomic mass is 9.99. The fraction of sp³-hybridized carbons (Fsp3) is 0.222. The third-order valence-electron chi connectivity index (χ3n) is 6.26. The smallest absolute Gasteiger partial charge is 0.308 e. The molecule has 0 unspecified atom stereocenters. The number of carbonyl (C=O) groups is 2. The molecule has 0 aliphatic heterocycles. The van der Waals surface area contributed by atoms with E-state index in [-0.39, 0.29) is 11.9 Å². The Bertz CT molecular complexity index is 1460. The molecular weight excluding hydrogens is 528 g/mol. The Labute approximate surface area is 247 Å². The number of esters is 2. The van der Waals surface area contributed by atoms with Gasteiger partial charge < -0.3 is 18.9 Å². The summed E-state index contributed by atoms with van der Waals surface area (Å²) in [5.74, 6) is 1.95. The third kappa shape index (κ3) is 8.10. The highest BCUT2D eigenvalue weighted by Gasteiger charge is 2.14. The number of hydrogen-bond donors (Lipinski definition) is 0. The number of rotatable bonds is 12. The van der Waals surface area contributed by atoms with Crippen molar-refractivity contribution in [1.82, 2.24) is 0 Å². The Kier molecular flexibility index (Phi) is 10.5. The zero-order chi connectivity index (χ0) is 29.9. The minimum atomic E-state index is -0.344. The maximum Gasteiger partial charge on any atom is 0.308 e. The van der Waals surface area contributed by atoms with Crippen LogP contribution in [0.2, 0.25) is 0 Å². The lowest BCUT2D eigenvalue weighted by molar-refractivity contribution is -0.132. The summed E-state index contributed by atoms with van der Waals surface area (Å²) >= 11 is 0. The van der Waals surface area contributed by atoms with Crippen LogP contribution in [0.1, 0.15) is 62.8 Å². The normalized spacial score (nSPS) is 11.2. The van der Waals surface area contributed by atoms with Crippen molar-refractivity contribution in [3.8, 4) is 23.0 Å². The largest absolute Gasteiger partial charge is 0.492 e. The fourth-order valence-corrected chi connectivity index (χ4v) is 4.37. The lowest BCUT2D eigenvalue weighted by Gasteiger charge is -2.17. The summed E-state index contributed by atoms with van der Waals surface area (Å²) in [5.41, 5.74) is 3.86. The van der Waals surface area contributed by atoms with E-state index in [9.17, 15) is 9.59 Å². The van der Waals surface area contributed by atoms with Crippen molar-refractivity contribution < 1.29 is 28.5 Å². The molecule has 42 heavy (non-hydrogen) atoms. The molecule has 0 N–H and O–H groups in total. The molecule has 0 bridgehead atoms. The van der Waals surface area contributed by atoms with Crippen molar-refractivity contribution in [2.24, 2.45) is 0 Å². The molecule has 0 aliphatic rings. The van der Waals surface area contributed by atoms with E-state index in [1.54, 1.807) is 24.3 Å². The molecule has 4 rings (SSSR count). The third-order valence-corrected chi connectivity index (χ3v) is 6.26. The Morgan fingerprint density at radius 1 is 0.548 bits per heavy atom. The molecule has 6 nitrogen and oxygen atoms in total. The van der Waals surface area contributed by atoms with Crippen LogP contribution in [-0.2, 0) is 9.59 Å². The van der Waals surface area contributed by atoms with Gasteiger partial charge >= 0.3 is 11.9 Å². The summed E-state index contributed by atoms with van der Waals surface area (Å²) in [4.78, 5) is 22.4. The molecule has 0 heterocycles. The van der Waals surface area contributed by atoms with Crippen molar-refractivity contribution in [2.45, 2.75) is 40.5 Å². The first-order valence-corrected chi connectivity index (χ1v) is 14.2. The van der Waals surface area contributed by atoms with Crippen LogP contribution in [0.15, 0.2) is 72.8 Å². The summed E-state index contributed by atoms with van der Waals surface area (Å²) < 4.78 is 22.9. The van der Waals surface area contributed by atoms with Gasteiger partial charge in [0.15, 0.2) is 0 Å². The number of fused-ring (bicyclic) bond motifs is 1. The quantitative estimate of drug-likeness (QED) is 0.0975. The van der Waals surface area contributed by atoms with Crippen LogP contribution in [-0.4, -0.2) is 25.2 Å². The summed E-state index contributed by atoms with van der Waals surface area (Å²) in [6.07, 6.45) is 9.85. The zero-order valence-corrected chi connectivity index (χ0v) is 24.5. The number of benzene rings is 4. The average molecular weight is 565 g/mol. The maximum absolute atomic E-state index is 11.2. The van der Waals surface area contributed by atoms with Gasteiger partial charge in [-0.15, -0.1) is 0 Å². The van der Waals surface area contributed by atoms with Gasteiger partial charge in [0.25, 0.3) is 0 Å². The van der Waals surface area contributed by atoms with E-state index in [0.29, 0.717) is 24.7 Å². The van der Waals surface area contributed by atoms with Gasteiger partial charge in [0, 0.05) is 35.7 Å². The van der Waals surface area contributed by atoms with Gasteiger partial charge in [-0.25, -0.2) is 0 Å². The predicted octanol–water partition coefficient (Wildman–Crippen LogP) is 8.61. The summed E-state index contributed by atoms with van der Waals surface area (Å²) in [6, 6.07) is 23.0. The van der Waals surface area contributed by atoms with Crippen LogP contribution in [0.5, 0.6) is 23.0 Å². The predicted molar refractivity (Wildman–Crippen MR) is 169 cm³/mol. The second-order valence-corrected chi connectivity index (χ2v) is 9.75. The van der Waals surface area contributed by atoms with Gasteiger partial charge in [0.1, 0.15) is 23.0 Å². The van der Waals surface area contributed by atoms with Gasteiger partial charge in [-0.05, 0) is 60.4 Å². The first-order valence-electron chi connectivity index (χ1n) is 14.2. The second kappa shape index (κ2) is 14.7. The van der Waals surface area contributed by atoms with Crippen molar-refractivity contribution in [3.63, 3.8) is 0 Å². The van der Waals surface area contributed by atoms with Crippen LogP contribution < -0.4 is 18.9 Å². The highest BCUT2D eigenvalue weighted by molar-refractivity contribution is 5.99.